The molecule has 2 aromatic heterocycles. The van der Waals surface area contributed by atoms with Gasteiger partial charge in [0.1, 0.15) is 5.76 Å². The van der Waals surface area contributed by atoms with Crippen LogP contribution in [0.25, 0.3) is 10.9 Å². The van der Waals surface area contributed by atoms with Crippen molar-refractivity contribution in [3.63, 3.8) is 0 Å². The van der Waals surface area contributed by atoms with Gasteiger partial charge in [-0.3, -0.25) is 9.89 Å². The molecule has 0 aliphatic carbocycles. The van der Waals surface area contributed by atoms with Gasteiger partial charge in [-0.25, -0.2) is 0 Å². The molecule has 1 aliphatic rings. The Labute approximate surface area is 178 Å². The molecule has 7 heteroatoms. The molecular formula is C23H32N6O. The minimum Gasteiger partial charge on any atom is -0.361 e. The van der Waals surface area contributed by atoms with Gasteiger partial charge in [-0.05, 0) is 38.3 Å². The number of benzene rings is 1. The zero-order valence-electron chi connectivity index (χ0n) is 18.2. The minimum absolute atomic E-state index is 0.779. The molecule has 30 heavy (non-hydrogen) atoms. The number of para-hydroxylation sites is 1. The summed E-state index contributed by atoms with van der Waals surface area (Å²) in [4.78, 5) is 13.1. The Morgan fingerprint density at radius 2 is 2.07 bits per heavy atom. The Morgan fingerprint density at radius 1 is 1.23 bits per heavy atom. The molecule has 1 fully saturated rings. The number of nitrogens with one attached hydrogen (secondary N) is 2. The summed E-state index contributed by atoms with van der Waals surface area (Å²) in [5, 5.41) is 8.90. The summed E-state index contributed by atoms with van der Waals surface area (Å²) in [5.74, 6) is 1.89. The molecule has 2 N–H and O–H groups in total. The third kappa shape index (κ3) is 4.67. The second-order valence-corrected chi connectivity index (χ2v) is 7.99. The van der Waals surface area contributed by atoms with Crippen molar-refractivity contribution in [2.45, 2.75) is 33.7 Å². The number of fused-ring (bicyclic) bond motifs is 1. The van der Waals surface area contributed by atoms with E-state index in [-0.39, 0.29) is 0 Å². The number of hydrogen-bond donors (Lipinski definition) is 2. The van der Waals surface area contributed by atoms with E-state index in [1.165, 1.54) is 22.0 Å². The molecule has 0 spiro atoms. The lowest BCUT2D eigenvalue weighted by Crippen LogP contribution is -2.52. The summed E-state index contributed by atoms with van der Waals surface area (Å²) >= 11 is 0. The van der Waals surface area contributed by atoms with Crippen molar-refractivity contribution in [2.24, 2.45) is 4.99 Å². The van der Waals surface area contributed by atoms with Gasteiger partial charge in [0.25, 0.3) is 0 Å². The van der Waals surface area contributed by atoms with E-state index in [9.17, 15) is 0 Å². The van der Waals surface area contributed by atoms with Crippen molar-refractivity contribution < 1.29 is 4.52 Å². The quantitative estimate of drug-likeness (QED) is 0.484. The Bertz CT molecular complexity index is 996. The smallest absolute Gasteiger partial charge is 0.194 e. The maximum absolute atomic E-state index is 5.19. The zero-order valence-corrected chi connectivity index (χ0v) is 18.2. The van der Waals surface area contributed by atoms with Crippen molar-refractivity contribution >= 4 is 16.9 Å². The van der Waals surface area contributed by atoms with Crippen LogP contribution in [-0.2, 0) is 13.0 Å². The Kier molecular flexibility index (Phi) is 6.38. The van der Waals surface area contributed by atoms with E-state index in [4.69, 9.17) is 9.52 Å². The predicted octanol–water partition coefficient (Wildman–Crippen LogP) is 3.10. The van der Waals surface area contributed by atoms with E-state index in [0.717, 1.165) is 69.6 Å². The molecule has 160 valence electrons. The summed E-state index contributed by atoms with van der Waals surface area (Å²) < 4.78 is 5.19. The van der Waals surface area contributed by atoms with Gasteiger partial charge in [0.2, 0.25) is 0 Å². The van der Waals surface area contributed by atoms with Crippen molar-refractivity contribution in [3.8, 4) is 0 Å². The van der Waals surface area contributed by atoms with Crippen LogP contribution in [0.1, 0.15) is 29.5 Å². The lowest BCUT2D eigenvalue weighted by atomic mass is 10.1. The largest absolute Gasteiger partial charge is 0.361 e. The lowest BCUT2D eigenvalue weighted by Gasteiger charge is -2.36. The number of aromatic amines is 1. The van der Waals surface area contributed by atoms with Crippen LogP contribution in [0.5, 0.6) is 0 Å². The highest BCUT2D eigenvalue weighted by atomic mass is 16.5. The number of aliphatic imine (C=N–C) groups is 1. The highest BCUT2D eigenvalue weighted by molar-refractivity contribution is 5.86. The Balaban J connectivity index is 1.34. The van der Waals surface area contributed by atoms with E-state index in [1.807, 2.05) is 13.0 Å². The van der Waals surface area contributed by atoms with Gasteiger partial charge in [-0.1, -0.05) is 23.4 Å². The van der Waals surface area contributed by atoms with Crippen LogP contribution in [0.15, 0.2) is 40.0 Å². The number of aromatic nitrogens is 2. The summed E-state index contributed by atoms with van der Waals surface area (Å²) in [5.41, 5.74) is 4.87. The van der Waals surface area contributed by atoms with E-state index in [0.29, 0.717) is 0 Å². The van der Waals surface area contributed by atoms with Crippen LogP contribution in [-0.4, -0.2) is 65.2 Å². The molecular weight excluding hydrogens is 376 g/mol. The fourth-order valence-corrected chi connectivity index (χ4v) is 4.12. The maximum Gasteiger partial charge on any atom is 0.194 e. The lowest BCUT2D eigenvalue weighted by molar-refractivity contribution is 0.169. The molecule has 1 saturated heterocycles. The predicted molar refractivity (Wildman–Crippen MR) is 121 cm³/mol. The number of hydrogen-bond acceptors (Lipinski definition) is 4. The van der Waals surface area contributed by atoms with Crippen molar-refractivity contribution in [2.75, 3.05) is 39.3 Å². The zero-order chi connectivity index (χ0) is 20.9. The highest BCUT2D eigenvalue weighted by Gasteiger charge is 2.20. The number of aryl methyl sites for hydroxylation is 2. The molecule has 1 aromatic carbocycles. The maximum atomic E-state index is 5.19. The molecule has 7 nitrogen and oxygen atoms in total. The Hall–Kier alpha value is -2.80. The van der Waals surface area contributed by atoms with Gasteiger partial charge in [0.15, 0.2) is 5.96 Å². The number of rotatable bonds is 6. The first-order chi connectivity index (χ1) is 14.6. The van der Waals surface area contributed by atoms with Gasteiger partial charge < -0.3 is 19.7 Å². The molecule has 0 saturated carbocycles. The van der Waals surface area contributed by atoms with Gasteiger partial charge in [0.05, 0.1) is 5.69 Å². The minimum atomic E-state index is 0.779. The molecule has 1 aliphatic heterocycles. The number of guanidine groups is 1. The average molecular weight is 409 g/mol. The first-order valence-electron chi connectivity index (χ1n) is 10.9. The first-order valence-corrected chi connectivity index (χ1v) is 10.9. The standard InChI is InChI=1S/C23H32N6O/c1-4-24-23(25-9-8-19-15-26-22-17(2)6-5-7-21(19)22)29-12-10-28(11-13-29)16-20-14-18(3)30-27-20/h5-7,14-15,26H,4,8-13,16H2,1-3H3,(H,24,25). The fourth-order valence-electron chi connectivity index (χ4n) is 4.12. The SMILES string of the molecule is CCNC(=NCCc1c[nH]c2c(C)cccc12)N1CCN(Cc2cc(C)on2)CC1. The normalized spacial score (nSPS) is 15.8. The van der Waals surface area contributed by atoms with Crippen LogP contribution in [0, 0.1) is 13.8 Å². The number of H-pyrrole nitrogens is 1. The summed E-state index contributed by atoms with van der Waals surface area (Å²) in [7, 11) is 0. The third-order valence-electron chi connectivity index (χ3n) is 5.72. The molecule has 3 heterocycles. The van der Waals surface area contributed by atoms with Crippen LogP contribution < -0.4 is 5.32 Å². The molecule has 0 bridgehead atoms. The molecule has 0 unspecified atom stereocenters. The van der Waals surface area contributed by atoms with Crippen molar-refractivity contribution in [3.05, 3.63) is 53.0 Å². The number of nitrogens with zero attached hydrogens (tertiary/aromatic N) is 4. The summed E-state index contributed by atoms with van der Waals surface area (Å²) in [6, 6.07) is 8.48. The molecule has 4 rings (SSSR count). The van der Waals surface area contributed by atoms with Crippen LogP contribution in [0.4, 0.5) is 0 Å². The van der Waals surface area contributed by atoms with E-state index < -0.39 is 0 Å². The average Bonchev–Trinajstić information content (AvgIpc) is 3.35. The Morgan fingerprint density at radius 3 is 2.80 bits per heavy atom. The van der Waals surface area contributed by atoms with Crippen LogP contribution in [0.3, 0.4) is 0 Å². The molecule has 0 atom stereocenters. The van der Waals surface area contributed by atoms with E-state index in [2.05, 4.69) is 63.5 Å². The van der Waals surface area contributed by atoms with Crippen molar-refractivity contribution in [1.29, 1.82) is 0 Å². The molecule has 3 aromatic rings. The summed E-state index contributed by atoms with van der Waals surface area (Å²) in [6.45, 7) is 12.6. The van der Waals surface area contributed by atoms with Gasteiger partial charge in [-0.15, -0.1) is 0 Å². The van der Waals surface area contributed by atoms with Gasteiger partial charge >= 0.3 is 0 Å². The second-order valence-electron chi connectivity index (χ2n) is 7.99. The van der Waals surface area contributed by atoms with Gasteiger partial charge in [-0.2, -0.15) is 0 Å². The highest BCUT2D eigenvalue weighted by Crippen LogP contribution is 2.21. The van der Waals surface area contributed by atoms with Crippen LogP contribution in [0.2, 0.25) is 0 Å². The first kappa shape index (κ1) is 20.5. The van der Waals surface area contributed by atoms with E-state index in [1.54, 1.807) is 0 Å². The van der Waals surface area contributed by atoms with Gasteiger partial charge in [0, 0.05) is 69.0 Å². The third-order valence-corrected chi connectivity index (χ3v) is 5.72. The summed E-state index contributed by atoms with van der Waals surface area (Å²) in [6.07, 6.45) is 3.06. The van der Waals surface area contributed by atoms with Crippen LogP contribution >= 0.6 is 0 Å². The second kappa shape index (κ2) is 9.34. The monoisotopic (exact) mass is 408 g/mol. The topological polar surface area (TPSA) is 72.7 Å². The van der Waals surface area contributed by atoms with E-state index >= 15 is 0 Å². The number of piperazine rings is 1. The molecule has 0 radical (unpaired) electrons. The molecule has 0 amide bonds. The van der Waals surface area contributed by atoms with Crippen molar-refractivity contribution in [1.82, 2.24) is 25.3 Å². The fraction of sp³-hybridized carbons (Fsp3) is 0.478.